The molecule has 104 valence electrons. The molecule has 1 aromatic rings. The van der Waals surface area contributed by atoms with Gasteiger partial charge in [-0.2, -0.15) is 13.2 Å². The summed E-state index contributed by atoms with van der Waals surface area (Å²) in [7, 11) is 0. The smallest absolute Gasteiger partial charge is 0.416 e. The number of carboxylic acid groups (broad SMARTS) is 1. The Balaban J connectivity index is 1.86. The van der Waals surface area contributed by atoms with Gasteiger partial charge in [0.25, 0.3) is 0 Å². The highest BCUT2D eigenvalue weighted by atomic mass is 19.4. The monoisotopic (exact) mass is 275 g/mol. The minimum absolute atomic E-state index is 0.0330. The van der Waals surface area contributed by atoms with E-state index in [1.165, 1.54) is 17.0 Å². The summed E-state index contributed by atoms with van der Waals surface area (Å²) < 4.78 is 42.6. The minimum Gasteiger partial charge on any atom is -0.493 e. The van der Waals surface area contributed by atoms with Crippen LogP contribution in [0.5, 0.6) is 5.75 Å². The van der Waals surface area contributed by atoms with E-state index in [0.717, 1.165) is 12.1 Å². The summed E-state index contributed by atoms with van der Waals surface area (Å²) in [5.41, 5.74) is -0.759. The van der Waals surface area contributed by atoms with Crippen LogP contribution in [0, 0.1) is 5.92 Å². The normalized spacial score (nSPS) is 16.1. The zero-order valence-corrected chi connectivity index (χ0v) is 9.85. The molecule has 1 N–H and O–H groups in total. The highest BCUT2D eigenvalue weighted by Gasteiger charge is 2.32. The number of alkyl halides is 3. The van der Waals surface area contributed by atoms with Crippen LogP contribution in [-0.4, -0.2) is 35.8 Å². The van der Waals surface area contributed by atoms with E-state index in [4.69, 9.17) is 9.84 Å². The second-order valence-electron chi connectivity index (χ2n) is 4.39. The second kappa shape index (κ2) is 4.99. The van der Waals surface area contributed by atoms with Crippen molar-refractivity contribution >= 4 is 6.09 Å². The molecule has 0 atom stereocenters. The predicted molar refractivity (Wildman–Crippen MR) is 60.0 cm³/mol. The Kier molecular flexibility index (Phi) is 3.55. The topological polar surface area (TPSA) is 49.8 Å². The van der Waals surface area contributed by atoms with Crippen molar-refractivity contribution in [2.45, 2.75) is 6.18 Å². The molecule has 0 bridgehead atoms. The molecular weight excluding hydrogens is 263 g/mol. The highest BCUT2D eigenvalue weighted by Crippen LogP contribution is 2.31. The van der Waals surface area contributed by atoms with Gasteiger partial charge in [-0.25, -0.2) is 4.79 Å². The number of likely N-dealkylation sites (tertiary alicyclic amines) is 1. The lowest BCUT2D eigenvalue weighted by molar-refractivity contribution is -0.137. The Morgan fingerprint density at radius 3 is 2.68 bits per heavy atom. The van der Waals surface area contributed by atoms with Gasteiger partial charge in [0.15, 0.2) is 0 Å². The number of hydrogen-bond donors (Lipinski definition) is 1. The molecule has 2 rings (SSSR count). The van der Waals surface area contributed by atoms with Crippen molar-refractivity contribution in [2.24, 2.45) is 5.92 Å². The van der Waals surface area contributed by atoms with E-state index in [-0.39, 0.29) is 18.3 Å². The molecule has 4 nitrogen and oxygen atoms in total. The molecule has 1 heterocycles. The Labute approximate surface area is 107 Å². The van der Waals surface area contributed by atoms with E-state index in [1.807, 2.05) is 0 Å². The van der Waals surface area contributed by atoms with Gasteiger partial charge < -0.3 is 14.7 Å². The van der Waals surface area contributed by atoms with Gasteiger partial charge in [-0.05, 0) is 18.2 Å². The average molecular weight is 275 g/mol. The van der Waals surface area contributed by atoms with Gasteiger partial charge in [0.2, 0.25) is 0 Å². The first-order chi connectivity index (χ1) is 8.86. The van der Waals surface area contributed by atoms with Crippen molar-refractivity contribution in [1.29, 1.82) is 0 Å². The number of nitrogens with zero attached hydrogens (tertiary/aromatic N) is 1. The third-order valence-electron chi connectivity index (χ3n) is 2.87. The van der Waals surface area contributed by atoms with Crippen molar-refractivity contribution in [1.82, 2.24) is 4.90 Å². The Hall–Kier alpha value is -1.92. The molecule has 1 aliphatic heterocycles. The molecule has 1 aliphatic rings. The summed E-state index contributed by atoms with van der Waals surface area (Å²) in [6, 6.07) is 4.64. The van der Waals surface area contributed by atoms with E-state index < -0.39 is 17.8 Å². The highest BCUT2D eigenvalue weighted by molar-refractivity contribution is 5.66. The van der Waals surface area contributed by atoms with Crippen molar-refractivity contribution < 1.29 is 27.8 Å². The first-order valence-corrected chi connectivity index (χ1v) is 5.64. The first kappa shape index (κ1) is 13.5. The number of hydrogen-bond acceptors (Lipinski definition) is 2. The van der Waals surface area contributed by atoms with Crippen LogP contribution in [0.4, 0.5) is 18.0 Å². The van der Waals surface area contributed by atoms with Crippen molar-refractivity contribution in [3.63, 3.8) is 0 Å². The van der Waals surface area contributed by atoms with E-state index in [0.29, 0.717) is 13.1 Å². The number of ether oxygens (including phenoxy) is 1. The Morgan fingerprint density at radius 2 is 2.11 bits per heavy atom. The molecule has 1 amide bonds. The summed E-state index contributed by atoms with van der Waals surface area (Å²) >= 11 is 0. The molecule has 7 heteroatoms. The maximum Gasteiger partial charge on any atom is 0.416 e. The van der Waals surface area contributed by atoms with E-state index in [2.05, 4.69) is 0 Å². The predicted octanol–water partition coefficient (Wildman–Crippen LogP) is 2.69. The van der Waals surface area contributed by atoms with Crippen LogP contribution in [0.3, 0.4) is 0 Å². The van der Waals surface area contributed by atoms with Crippen LogP contribution in [0.15, 0.2) is 24.3 Å². The van der Waals surface area contributed by atoms with Gasteiger partial charge in [0.1, 0.15) is 5.75 Å². The molecule has 19 heavy (non-hydrogen) atoms. The number of carbonyl (C=O) groups is 1. The summed E-state index contributed by atoms with van der Waals surface area (Å²) in [5, 5.41) is 8.62. The largest absolute Gasteiger partial charge is 0.493 e. The second-order valence-corrected chi connectivity index (χ2v) is 4.39. The summed E-state index contributed by atoms with van der Waals surface area (Å²) in [5.74, 6) is 0.175. The van der Waals surface area contributed by atoms with Crippen molar-refractivity contribution in [3.8, 4) is 5.75 Å². The Bertz CT molecular complexity index is 470. The third kappa shape index (κ3) is 3.30. The van der Waals surface area contributed by atoms with E-state index in [1.54, 1.807) is 0 Å². The van der Waals surface area contributed by atoms with Crippen LogP contribution in [0.2, 0.25) is 0 Å². The molecule has 0 saturated carbocycles. The van der Waals surface area contributed by atoms with Crippen LogP contribution < -0.4 is 4.74 Å². The maximum atomic E-state index is 12.5. The summed E-state index contributed by atoms with van der Waals surface area (Å²) in [4.78, 5) is 11.7. The molecule has 0 aromatic heterocycles. The lowest BCUT2D eigenvalue weighted by Crippen LogP contribution is -2.51. The maximum absolute atomic E-state index is 12.5. The quantitative estimate of drug-likeness (QED) is 0.922. The standard InChI is InChI=1S/C12H12F3NO3/c13-12(14,15)9-2-1-3-10(4-9)19-7-8-5-16(6-8)11(17)18/h1-4,8H,5-7H2,(H,17,18). The molecule has 0 aliphatic carbocycles. The van der Waals surface area contributed by atoms with E-state index in [9.17, 15) is 18.0 Å². The SMILES string of the molecule is O=C(O)N1CC(COc2cccc(C(F)(F)F)c2)C1. The zero-order valence-electron chi connectivity index (χ0n) is 9.85. The molecule has 1 fully saturated rings. The lowest BCUT2D eigenvalue weighted by Gasteiger charge is -2.36. The molecule has 0 radical (unpaired) electrons. The number of benzene rings is 1. The molecule has 0 unspecified atom stereocenters. The molecule has 1 saturated heterocycles. The Morgan fingerprint density at radius 1 is 1.42 bits per heavy atom. The van der Waals surface area contributed by atoms with Crippen LogP contribution in [0.1, 0.15) is 5.56 Å². The lowest BCUT2D eigenvalue weighted by atomic mass is 10.0. The van der Waals surface area contributed by atoms with Gasteiger partial charge in [-0.3, -0.25) is 0 Å². The molecule has 0 spiro atoms. The number of rotatable bonds is 3. The van der Waals surface area contributed by atoms with Crippen LogP contribution in [-0.2, 0) is 6.18 Å². The van der Waals surface area contributed by atoms with Gasteiger partial charge in [0, 0.05) is 19.0 Å². The molecule has 1 aromatic carbocycles. The number of amides is 1. The minimum atomic E-state index is -4.39. The van der Waals surface area contributed by atoms with Gasteiger partial charge in [0.05, 0.1) is 12.2 Å². The fourth-order valence-electron chi connectivity index (χ4n) is 1.81. The average Bonchev–Trinajstić information content (AvgIpc) is 2.25. The van der Waals surface area contributed by atoms with Gasteiger partial charge in [-0.15, -0.1) is 0 Å². The van der Waals surface area contributed by atoms with Crippen molar-refractivity contribution in [2.75, 3.05) is 19.7 Å². The van der Waals surface area contributed by atoms with E-state index >= 15 is 0 Å². The first-order valence-electron chi connectivity index (χ1n) is 5.64. The third-order valence-corrected chi connectivity index (χ3v) is 2.87. The fraction of sp³-hybridized carbons (Fsp3) is 0.417. The fourth-order valence-corrected chi connectivity index (χ4v) is 1.81. The summed E-state index contributed by atoms with van der Waals surface area (Å²) in [6.45, 7) is 0.924. The summed E-state index contributed by atoms with van der Waals surface area (Å²) in [6.07, 6.45) is -5.38. The van der Waals surface area contributed by atoms with Crippen LogP contribution >= 0.6 is 0 Å². The van der Waals surface area contributed by atoms with Crippen LogP contribution in [0.25, 0.3) is 0 Å². The zero-order chi connectivity index (χ0) is 14.0. The van der Waals surface area contributed by atoms with Crippen molar-refractivity contribution in [3.05, 3.63) is 29.8 Å². The number of halogens is 3. The van der Waals surface area contributed by atoms with Gasteiger partial charge >= 0.3 is 12.3 Å². The molecular formula is C12H12F3NO3. The van der Waals surface area contributed by atoms with Gasteiger partial charge in [-0.1, -0.05) is 6.07 Å².